The van der Waals surface area contributed by atoms with Gasteiger partial charge in [-0.25, -0.2) is 0 Å². The van der Waals surface area contributed by atoms with Crippen molar-refractivity contribution in [2.45, 2.75) is 6.92 Å². The van der Waals surface area contributed by atoms with E-state index in [0.717, 1.165) is 26.2 Å². The highest BCUT2D eigenvalue weighted by molar-refractivity contribution is 5.81. The molecular weight excluding hydrogens is 258 g/mol. The van der Waals surface area contributed by atoms with Crippen molar-refractivity contribution in [3.8, 4) is 0 Å². The van der Waals surface area contributed by atoms with Crippen molar-refractivity contribution in [2.24, 2.45) is 5.10 Å². The zero-order chi connectivity index (χ0) is 14.5. The predicted octanol–water partition coefficient (Wildman–Crippen LogP) is 3.15. The Hall–Kier alpha value is -2.29. The summed E-state index contributed by atoms with van der Waals surface area (Å²) in [6, 6.07) is 18.9. The maximum absolute atomic E-state index is 4.62. The van der Waals surface area contributed by atoms with Crippen molar-refractivity contribution in [1.82, 2.24) is 5.01 Å². The number of para-hydroxylation sites is 1. The topological polar surface area (TPSA) is 18.8 Å². The van der Waals surface area contributed by atoms with Crippen LogP contribution in [0.4, 0.5) is 5.69 Å². The molecule has 0 bridgehead atoms. The van der Waals surface area contributed by atoms with E-state index in [9.17, 15) is 0 Å². The Bertz CT molecular complexity index is 599. The van der Waals surface area contributed by atoms with Gasteiger partial charge in [-0.2, -0.15) is 5.10 Å². The second-order valence-corrected chi connectivity index (χ2v) is 5.38. The number of rotatable bonds is 3. The summed E-state index contributed by atoms with van der Waals surface area (Å²) < 4.78 is 0. The summed E-state index contributed by atoms with van der Waals surface area (Å²) in [6.45, 7) is 6.10. The Morgan fingerprint density at radius 1 is 0.857 bits per heavy atom. The number of nitrogens with zero attached hydrogens (tertiary/aromatic N) is 3. The van der Waals surface area contributed by atoms with E-state index < -0.39 is 0 Å². The Balaban J connectivity index is 1.58. The summed E-state index contributed by atoms with van der Waals surface area (Å²) in [5.41, 5.74) is 3.77. The number of benzene rings is 2. The molecule has 3 heteroatoms. The van der Waals surface area contributed by atoms with E-state index in [0.29, 0.717) is 0 Å². The van der Waals surface area contributed by atoms with Crippen molar-refractivity contribution in [2.75, 3.05) is 31.1 Å². The van der Waals surface area contributed by atoms with Crippen molar-refractivity contribution >= 4 is 11.9 Å². The van der Waals surface area contributed by atoms with Crippen LogP contribution in [0, 0.1) is 6.92 Å². The van der Waals surface area contributed by atoms with Crippen LogP contribution in [0.5, 0.6) is 0 Å². The molecule has 108 valence electrons. The molecule has 1 aliphatic rings. The number of aryl methyl sites for hydroxylation is 1. The fourth-order valence-electron chi connectivity index (χ4n) is 2.58. The molecule has 1 saturated heterocycles. The molecular formula is C18H21N3. The van der Waals surface area contributed by atoms with Crippen LogP contribution in [0.15, 0.2) is 59.7 Å². The molecule has 0 radical (unpaired) electrons. The first kappa shape index (κ1) is 13.7. The molecule has 0 N–H and O–H groups in total. The summed E-state index contributed by atoms with van der Waals surface area (Å²) in [5, 5.41) is 6.78. The quantitative estimate of drug-likeness (QED) is 0.804. The molecule has 0 amide bonds. The minimum absolute atomic E-state index is 0.970. The summed E-state index contributed by atoms with van der Waals surface area (Å²) in [4.78, 5) is 2.42. The lowest BCUT2D eigenvalue weighted by Gasteiger charge is -2.34. The Morgan fingerprint density at radius 3 is 2.24 bits per heavy atom. The van der Waals surface area contributed by atoms with Gasteiger partial charge in [-0.15, -0.1) is 0 Å². The van der Waals surface area contributed by atoms with E-state index in [2.05, 4.69) is 76.5 Å². The Morgan fingerprint density at radius 2 is 1.52 bits per heavy atom. The van der Waals surface area contributed by atoms with E-state index in [1.54, 1.807) is 0 Å². The van der Waals surface area contributed by atoms with Gasteiger partial charge in [0.25, 0.3) is 0 Å². The van der Waals surface area contributed by atoms with Crippen LogP contribution in [-0.4, -0.2) is 37.4 Å². The number of anilines is 1. The van der Waals surface area contributed by atoms with Crippen LogP contribution >= 0.6 is 0 Å². The normalized spacial score (nSPS) is 15.7. The fraction of sp³-hybridized carbons (Fsp3) is 0.278. The number of piperazine rings is 1. The van der Waals surface area contributed by atoms with Gasteiger partial charge < -0.3 is 4.90 Å². The number of hydrogen-bond acceptors (Lipinski definition) is 3. The van der Waals surface area contributed by atoms with Crippen molar-refractivity contribution in [1.29, 1.82) is 0 Å². The largest absolute Gasteiger partial charge is 0.368 e. The maximum atomic E-state index is 4.62. The zero-order valence-electron chi connectivity index (χ0n) is 12.4. The highest BCUT2D eigenvalue weighted by Gasteiger charge is 2.15. The molecule has 2 aromatic carbocycles. The van der Waals surface area contributed by atoms with Gasteiger partial charge in [0.15, 0.2) is 0 Å². The van der Waals surface area contributed by atoms with Crippen molar-refractivity contribution < 1.29 is 0 Å². The lowest BCUT2D eigenvalue weighted by atomic mass is 10.1. The van der Waals surface area contributed by atoms with Gasteiger partial charge in [-0.3, -0.25) is 5.01 Å². The fourth-order valence-corrected chi connectivity index (χ4v) is 2.58. The lowest BCUT2D eigenvalue weighted by molar-refractivity contribution is 0.272. The van der Waals surface area contributed by atoms with Crippen LogP contribution in [0.2, 0.25) is 0 Å². The summed E-state index contributed by atoms with van der Waals surface area (Å²) >= 11 is 0. The lowest BCUT2D eigenvalue weighted by Crippen LogP contribution is -2.44. The zero-order valence-corrected chi connectivity index (χ0v) is 12.4. The summed E-state index contributed by atoms with van der Waals surface area (Å²) in [7, 11) is 0. The molecule has 0 aliphatic carbocycles. The molecule has 1 heterocycles. The smallest absolute Gasteiger partial charge is 0.0545 e. The summed E-state index contributed by atoms with van der Waals surface area (Å²) in [5.74, 6) is 0. The number of hydrazone groups is 1. The number of hydrogen-bond donors (Lipinski definition) is 0. The molecule has 1 fully saturated rings. The van der Waals surface area contributed by atoms with E-state index >= 15 is 0 Å². The van der Waals surface area contributed by atoms with Gasteiger partial charge in [-0.05, 0) is 30.2 Å². The van der Waals surface area contributed by atoms with Gasteiger partial charge in [0.05, 0.1) is 19.3 Å². The molecule has 21 heavy (non-hydrogen) atoms. The van der Waals surface area contributed by atoms with E-state index in [1.165, 1.54) is 16.8 Å². The highest BCUT2D eigenvalue weighted by atomic mass is 15.5. The first-order valence-electron chi connectivity index (χ1n) is 7.47. The second-order valence-electron chi connectivity index (χ2n) is 5.38. The first-order chi connectivity index (χ1) is 10.3. The van der Waals surface area contributed by atoms with Gasteiger partial charge in [0.1, 0.15) is 0 Å². The second kappa shape index (κ2) is 6.44. The summed E-state index contributed by atoms with van der Waals surface area (Å²) in [6.07, 6.45) is 1.98. The molecule has 0 saturated carbocycles. The van der Waals surface area contributed by atoms with Gasteiger partial charge in [0.2, 0.25) is 0 Å². The van der Waals surface area contributed by atoms with Crippen molar-refractivity contribution in [3.05, 3.63) is 65.7 Å². The molecule has 3 rings (SSSR count). The average molecular weight is 279 g/mol. The molecule has 0 atom stereocenters. The van der Waals surface area contributed by atoms with E-state index in [1.807, 2.05) is 6.21 Å². The van der Waals surface area contributed by atoms with E-state index in [4.69, 9.17) is 0 Å². The van der Waals surface area contributed by atoms with Gasteiger partial charge in [-0.1, -0.05) is 42.5 Å². The maximum Gasteiger partial charge on any atom is 0.0545 e. The van der Waals surface area contributed by atoms with Gasteiger partial charge >= 0.3 is 0 Å². The molecule has 3 nitrogen and oxygen atoms in total. The van der Waals surface area contributed by atoms with Crippen LogP contribution in [0.1, 0.15) is 11.1 Å². The monoisotopic (exact) mass is 279 g/mol. The third-order valence-electron chi connectivity index (χ3n) is 3.93. The average Bonchev–Trinajstić information content (AvgIpc) is 2.55. The molecule has 0 aromatic heterocycles. The van der Waals surface area contributed by atoms with Crippen LogP contribution in [0.3, 0.4) is 0 Å². The molecule has 2 aromatic rings. The molecule has 1 aliphatic heterocycles. The minimum atomic E-state index is 0.970. The third-order valence-corrected chi connectivity index (χ3v) is 3.93. The van der Waals surface area contributed by atoms with Crippen LogP contribution in [0.25, 0.3) is 0 Å². The molecule has 0 unspecified atom stereocenters. The highest BCUT2D eigenvalue weighted by Crippen LogP contribution is 2.15. The van der Waals surface area contributed by atoms with Gasteiger partial charge in [0, 0.05) is 18.8 Å². The van der Waals surface area contributed by atoms with Crippen molar-refractivity contribution in [3.63, 3.8) is 0 Å². The standard InChI is InChI=1S/C18H21N3/c1-16-7-5-6-8-17(16)15-19-21-13-11-20(12-14-21)18-9-3-2-4-10-18/h2-10,15H,11-14H2,1H3/b19-15-. The SMILES string of the molecule is Cc1ccccc1/C=N\N1CCN(c2ccccc2)CC1. The van der Waals surface area contributed by atoms with Crippen LogP contribution < -0.4 is 4.90 Å². The third kappa shape index (κ3) is 3.43. The minimum Gasteiger partial charge on any atom is -0.368 e. The predicted molar refractivity (Wildman–Crippen MR) is 89.0 cm³/mol. The molecule has 0 spiro atoms. The van der Waals surface area contributed by atoms with Crippen LogP contribution in [-0.2, 0) is 0 Å². The first-order valence-corrected chi connectivity index (χ1v) is 7.47. The van der Waals surface area contributed by atoms with E-state index in [-0.39, 0.29) is 0 Å². The Labute approximate surface area is 126 Å². The Kier molecular flexibility index (Phi) is 4.20.